The van der Waals surface area contributed by atoms with Crippen LogP contribution in [0.2, 0.25) is 0 Å². The summed E-state index contributed by atoms with van der Waals surface area (Å²) in [6.45, 7) is 10.6. The number of aliphatic hydroxyl groups excluding tert-OH is 1. The Morgan fingerprint density at radius 3 is 2.51 bits per heavy atom. The molecule has 0 spiro atoms. The summed E-state index contributed by atoms with van der Waals surface area (Å²) in [6.07, 6.45) is 6.79. The van der Waals surface area contributed by atoms with Crippen LogP contribution in [0.25, 0.3) is 10.2 Å². The van der Waals surface area contributed by atoms with Gasteiger partial charge in [-0.3, -0.25) is 9.59 Å². The molecule has 1 aliphatic rings. The number of hydrogen-bond acceptors (Lipinski definition) is 6. The van der Waals surface area contributed by atoms with E-state index in [0.717, 1.165) is 36.2 Å². The molecule has 2 N–H and O–H groups in total. The van der Waals surface area contributed by atoms with Gasteiger partial charge in [0.25, 0.3) is 0 Å². The van der Waals surface area contributed by atoms with Gasteiger partial charge < -0.3 is 14.9 Å². The van der Waals surface area contributed by atoms with E-state index in [4.69, 9.17) is 9.84 Å². The van der Waals surface area contributed by atoms with Gasteiger partial charge in [0.05, 0.1) is 45.9 Å². The highest BCUT2D eigenvalue weighted by Gasteiger charge is 2.42. The van der Waals surface area contributed by atoms with Crippen molar-refractivity contribution in [1.82, 2.24) is 4.98 Å². The molecule has 2 aromatic rings. The van der Waals surface area contributed by atoms with E-state index in [-0.39, 0.29) is 17.8 Å². The third-order valence-electron chi connectivity index (χ3n) is 7.96. The van der Waals surface area contributed by atoms with Gasteiger partial charge in [-0.25, -0.2) is 4.98 Å². The van der Waals surface area contributed by atoms with Crippen LogP contribution in [0.4, 0.5) is 0 Å². The van der Waals surface area contributed by atoms with Gasteiger partial charge in [0.15, 0.2) is 0 Å². The maximum atomic E-state index is 13.4. The first-order valence-corrected chi connectivity index (χ1v) is 14.7. The maximum Gasteiger partial charge on any atom is 0.306 e. The van der Waals surface area contributed by atoms with Crippen LogP contribution in [0.15, 0.2) is 18.2 Å². The summed E-state index contributed by atoms with van der Waals surface area (Å²) in [6, 6.07) is 6.66. The second-order valence-corrected chi connectivity index (χ2v) is 13.1. The number of nitrogens with zero attached hydrogens (tertiary/aromatic N) is 1. The van der Waals surface area contributed by atoms with E-state index in [1.165, 1.54) is 29.5 Å². The molecule has 6 nitrogen and oxygen atoms in total. The fourth-order valence-corrected chi connectivity index (χ4v) is 6.21. The Bertz CT molecular complexity index is 1040. The number of epoxide rings is 1. The number of carboxylic acids is 1. The molecule has 0 bridgehead atoms. The zero-order valence-corrected chi connectivity index (χ0v) is 24.0. The van der Waals surface area contributed by atoms with Gasteiger partial charge in [0.1, 0.15) is 5.78 Å². The first kappa shape index (κ1) is 29.7. The third-order valence-corrected chi connectivity index (χ3v) is 8.91. The summed E-state index contributed by atoms with van der Waals surface area (Å²) >= 11 is 1.75. The molecule has 0 radical (unpaired) electrons. The molecule has 1 aromatic carbocycles. The van der Waals surface area contributed by atoms with Gasteiger partial charge in [0.2, 0.25) is 0 Å². The molecule has 1 aromatic heterocycles. The molecule has 7 heteroatoms. The molecule has 0 amide bonds. The van der Waals surface area contributed by atoms with Crippen LogP contribution in [0, 0.1) is 30.1 Å². The third kappa shape index (κ3) is 9.15. The Kier molecular flexibility index (Phi) is 10.7. The number of aliphatic carboxylic acids is 1. The monoisotopic (exact) mass is 531 g/mol. The SMILES string of the molecule is Cc1nc2cc(CCCC(C)CCC[C@H](C)CC(CC3CO3)C(=O)C(C)(C)[C@@H](O)CC(=O)O)ccc2s1. The number of aromatic nitrogens is 1. The lowest BCUT2D eigenvalue weighted by Crippen LogP contribution is -2.42. The summed E-state index contributed by atoms with van der Waals surface area (Å²) in [5, 5.41) is 20.6. The molecule has 0 aliphatic carbocycles. The second kappa shape index (κ2) is 13.3. The van der Waals surface area contributed by atoms with E-state index >= 15 is 0 Å². The van der Waals surface area contributed by atoms with Gasteiger partial charge in [-0.1, -0.05) is 59.4 Å². The summed E-state index contributed by atoms with van der Waals surface area (Å²) in [7, 11) is 0. The molecule has 2 heterocycles. The van der Waals surface area contributed by atoms with Crippen LogP contribution < -0.4 is 0 Å². The predicted molar refractivity (Wildman–Crippen MR) is 149 cm³/mol. The highest BCUT2D eigenvalue weighted by molar-refractivity contribution is 7.18. The average molecular weight is 532 g/mol. The van der Waals surface area contributed by atoms with Crippen LogP contribution in [0.1, 0.15) is 89.6 Å². The number of fused-ring (bicyclic) bond motifs is 1. The molecule has 1 aliphatic heterocycles. The van der Waals surface area contributed by atoms with Crippen molar-refractivity contribution in [2.45, 2.75) is 105 Å². The van der Waals surface area contributed by atoms with Crippen molar-refractivity contribution in [2.75, 3.05) is 6.61 Å². The quantitative estimate of drug-likeness (QED) is 0.223. The number of rotatable bonds is 17. The smallest absolute Gasteiger partial charge is 0.306 e. The van der Waals surface area contributed by atoms with Crippen LogP contribution in [-0.4, -0.2) is 45.8 Å². The molecule has 37 heavy (non-hydrogen) atoms. The number of hydrogen-bond donors (Lipinski definition) is 2. The zero-order chi connectivity index (χ0) is 27.2. The number of carbonyl (C=O) groups is 2. The van der Waals surface area contributed by atoms with Gasteiger partial charge in [-0.05, 0) is 62.1 Å². The predicted octanol–water partition coefficient (Wildman–Crippen LogP) is 6.60. The fraction of sp³-hybridized carbons (Fsp3) is 0.700. The highest BCUT2D eigenvalue weighted by Crippen LogP contribution is 2.35. The van der Waals surface area contributed by atoms with Crippen molar-refractivity contribution in [3.05, 3.63) is 28.8 Å². The number of ketones is 1. The molecule has 0 saturated carbocycles. The minimum atomic E-state index is -1.19. The standard InChI is InChI=1S/C30H45NO5S/c1-19(9-7-11-22-12-13-26-25(15-22)31-21(3)37-26)8-6-10-20(2)14-23(16-24-18-36-24)29(35)30(4,5)27(32)17-28(33)34/h12-13,15,19-20,23-24,27,32H,6-11,14,16-18H2,1-5H3,(H,33,34)/t19?,20-,23?,24?,27-/m0/s1. The number of aliphatic hydroxyl groups is 1. The van der Waals surface area contributed by atoms with Crippen molar-refractivity contribution in [3.8, 4) is 0 Å². The zero-order valence-electron chi connectivity index (χ0n) is 23.2. The molecule has 1 saturated heterocycles. The average Bonchev–Trinajstić information content (AvgIpc) is 3.55. The van der Waals surface area contributed by atoms with Gasteiger partial charge in [0, 0.05) is 5.92 Å². The molecule has 206 valence electrons. The lowest BCUT2D eigenvalue weighted by Gasteiger charge is -2.33. The van der Waals surface area contributed by atoms with Crippen LogP contribution in [0.3, 0.4) is 0 Å². The molecule has 3 rings (SSSR count). The lowest BCUT2D eigenvalue weighted by atomic mass is 9.72. The van der Waals surface area contributed by atoms with Crippen LogP contribution >= 0.6 is 11.3 Å². The highest BCUT2D eigenvalue weighted by atomic mass is 32.1. The van der Waals surface area contributed by atoms with Crippen molar-refractivity contribution < 1.29 is 24.5 Å². The Morgan fingerprint density at radius 2 is 1.84 bits per heavy atom. The van der Waals surface area contributed by atoms with Crippen molar-refractivity contribution in [2.24, 2.45) is 23.2 Å². The van der Waals surface area contributed by atoms with Gasteiger partial charge >= 0.3 is 5.97 Å². The molecule has 5 atom stereocenters. The number of thiazole rings is 1. The number of carboxylic acid groups (broad SMARTS) is 1. The first-order valence-electron chi connectivity index (χ1n) is 13.9. The van der Waals surface area contributed by atoms with E-state index in [2.05, 4.69) is 44.0 Å². The van der Waals surface area contributed by atoms with E-state index in [9.17, 15) is 14.7 Å². The van der Waals surface area contributed by atoms with E-state index < -0.39 is 23.9 Å². The van der Waals surface area contributed by atoms with E-state index in [0.29, 0.717) is 24.9 Å². The summed E-state index contributed by atoms with van der Waals surface area (Å²) < 4.78 is 6.66. The van der Waals surface area contributed by atoms with Gasteiger partial charge in [-0.2, -0.15) is 0 Å². The normalized spacial score (nSPS) is 18.9. The van der Waals surface area contributed by atoms with E-state index in [1.807, 2.05) is 0 Å². The molecule has 1 fully saturated rings. The topological polar surface area (TPSA) is 100 Å². The first-order chi connectivity index (χ1) is 17.5. The van der Waals surface area contributed by atoms with Crippen LogP contribution in [0.5, 0.6) is 0 Å². The minimum absolute atomic E-state index is 0.0389. The molecular formula is C30H45NO5S. The summed E-state index contributed by atoms with van der Waals surface area (Å²) in [4.78, 5) is 29.1. The minimum Gasteiger partial charge on any atom is -0.481 e. The number of carbonyl (C=O) groups excluding carboxylic acids is 1. The van der Waals surface area contributed by atoms with Crippen molar-refractivity contribution >= 4 is 33.3 Å². The number of Topliss-reactive ketones (excluding diaryl/α,β-unsaturated/α-hetero) is 1. The van der Waals surface area contributed by atoms with Gasteiger partial charge in [-0.15, -0.1) is 11.3 Å². The van der Waals surface area contributed by atoms with Crippen molar-refractivity contribution in [1.29, 1.82) is 0 Å². The largest absolute Gasteiger partial charge is 0.481 e. The second-order valence-electron chi connectivity index (χ2n) is 11.9. The summed E-state index contributed by atoms with van der Waals surface area (Å²) in [5.41, 5.74) is 1.40. The van der Waals surface area contributed by atoms with Crippen molar-refractivity contribution in [3.63, 3.8) is 0 Å². The maximum absolute atomic E-state index is 13.4. The Balaban J connectivity index is 1.40. The fourth-order valence-electron chi connectivity index (χ4n) is 5.40. The van der Waals surface area contributed by atoms with E-state index in [1.54, 1.807) is 25.2 Å². The number of ether oxygens (including phenoxy) is 1. The molecular weight excluding hydrogens is 486 g/mol. The summed E-state index contributed by atoms with van der Waals surface area (Å²) in [5.74, 6) is -0.283. The number of aryl methyl sites for hydroxylation is 2. The Morgan fingerprint density at radius 1 is 1.16 bits per heavy atom. The Hall–Kier alpha value is -1.83. The Labute approximate surface area is 225 Å². The van der Waals surface area contributed by atoms with Crippen LogP contribution in [-0.2, 0) is 20.7 Å². The lowest BCUT2D eigenvalue weighted by molar-refractivity contribution is -0.145. The number of benzene rings is 1. The molecule has 3 unspecified atom stereocenters.